The molecular weight excluding hydrogens is 212 g/mol. The first kappa shape index (κ1) is 14.2. The lowest BCUT2D eigenvalue weighted by atomic mass is 10.1. The van der Waals surface area contributed by atoms with E-state index in [4.69, 9.17) is 10.8 Å². The minimum Gasteiger partial charge on any atom is -0.480 e. The molecule has 90 valence electrons. The molecule has 0 heterocycles. The molecule has 16 heavy (non-hydrogen) atoms. The van der Waals surface area contributed by atoms with Gasteiger partial charge < -0.3 is 16.2 Å². The van der Waals surface area contributed by atoms with Crippen LogP contribution in [0.15, 0.2) is 11.6 Å². The maximum Gasteiger partial charge on any atom is 0.326 e. The molecule has 0 unspecified atom stereocenters. The molecule has 0 aromatic rings. The normalized spacial score (nSPS) is 13.0. The van der Waals surface area contributed by atoms with Gasteiger partial charge >= 0.3 is 5.97 Å². The maximum absolute atomic E-state index is 11.4. The van der Waals surface area contributed by atoms with E-state index in [9.17, 15) is 14.4 Å². The second kappa shape index (κ2) is 6.60. The van der Waals surface area contributed by atoms with Crippen LogP contribution in [0.25, 0.3) is 0 Å². The molecule has 0 saturated carbocycles. The number of carboxylic acid groups (broad SMARTS) is 1. The molecule has 4 N–H and O–H groups in total. The minimum atomic E-state index is -1.18. The van der Waals surface area contributed by atoms with Crippen molar-refractivity contribution in [2.24, 2.45) is 5.73 Å². The summed E-state index contributed by atoms with van der Waals surface area (Å²) in [6, 6.07) is -1.09. The third-order valence-electron chi connectivity index (χ3n) is 2.07. The van der Waals surface area contributed by atoms with Gasteiger partial charge in [0.15, 0.2) is 0 Å². The van der Waals surface area contributed by atoms with E-state index in [0.29, 0.717) is 5.57 Å². The molecule has 0 bridgehead atoms. The first-order valence-corrected chi connectivity index (χ1v) is 4.83. The number of primary amides is 1. The fraction of sp³-hybridized carbons (Fsp3) is 0.500. The van der Waals surface area contributed by atoms with Gasteiger partial charge in [-0.05, 0) is 20.3 Å². The lowest BCUT2D eigenvalue weighted by molar-refractivity contribution is -0.141. The van der Waals surface area contributed by atoms with Crippen LogP contribution in [0, 0.1) is 0 Å². The van der Waals surface area contributed by atoms with E-state index in [1.54, 1.807) is 19.9 Å². The van der Waals surface area contributed by atoms with Gasteiger partial charge in [0.1, 0.15) is 6.04 Å². The molecule has 1 atom stereocenters. The zero-order valence-corrected chi connectivity index (χ0v) is 9.32. The molecule has 0 aromatic heterocycles. The predicted molar refractivity (Wildman–Crippen MR) is 57.4 cm³/mol. The third-order valence-corrected chi connectivity index (χ3v) is 2.07. The highest BCUT2D eigenvalue weighted by molar-refractivity contribution is 5.95. The summed E-state index contributed by atoms with van der Waals surface area (Å²) in [6.07, 6.45) is 1.49. The molecule has 2 amide bonds. The van der Waals surface area contributed by atoms with Crippen molar-refractivity contribution in [3.05, 3.63) is 11.6 Å². The Morgan fingerprint density at radius 1 is 1.44 bits per heavy atom. The summed E-state index contributed by atoms with van der Waals surface area (Å²) in [5, 5.41) is 11.1. The van der Waals surface area contributed by atoms with Crippen molar-refractivity contribution in [3.8, 4) is 0 Å². The number of allylic oxidation sites excluding steroid dienone is 1. The van der Waals surface area contributed by atoms with E-state index in [0.717, 1.165) is 0 Å². The Kier molecular flexibility index (Phi) is 5.84. The topological polar surface area (TPSA) is 109 Å². The van der Waals surface area contributed by atoms with Gasteiger partial charge in [0.2, 0.25) is 11.8 Å². The van der Waals surface area contributed by atoms with Gasteiger partial charge in [0, 0.05) is 12.0 Å². The van der Waals surface area contributed by atoms with Crippen LogP contribution in [0.5, 0.6) is 0 Å². The number of carbonyl (C=O) groups is 3. The first-order valence-electron chi connectivity index (χ1n) is 4.83. The van der Waals surface area contributed by atoms with Crippen LogP contribution in [0.4, 0.5) is 0 Å². The highest BCUT2D eigenvalue weighted by Crippen LogP contribution is 2.00. The van der Waals surface area contributed by atoms with Crippen LogP contribution in [-0.4, -0.2) is 28.9 Å². The number of nitrogens with one attached hydrogen (secondary N) is 1. The van der Waals surface area contributed by atoms with Crippen molar-refractivity contribution >= 4 is 17.8 Å². The fourth-order valence-corrected chi connectivity index (χ4v) is 0.947. The van der Waals surface area contributed by atoms with E-state index in [1.807, 2.05) is 0 Å². The van der Waals surface area contributed by atoms with E-state index in [2.05, 4.69) is 5.32 Å². The number of nitrogens with two attached hydrogens (primary N) is 1. The fourth-order valence-electron chi connectivity index (χ4n) is 0.947. The summed E-state index contributed by atoms with van der Waals surface area (Å²) in [5.41, 5.74) is 5.32. The number of hydrogen-bond acceptors (Lipinski definition) is 3. The summed E-state index contributed by atoms with van der Waals surface area (Å²) in [7, 11) is 0. The molecule has 0 aliphatic rings. The molecule has 0 aliphatic carbocycles. The van der Waals surface area contributed by atoms with E-state index >= 15 is 0 Å². The molecule has 0 saturated heterocycles. The van der Waals surface area contributed by atoms with E-state index < -0.39 is 23.8 Å². The molecule has 0 rings (SSSR count). The predicted octanol–water partition coefficient (Wildman–Crippen LogP) is -0.212. The van der Waals surface area contributed by atoms with E-state index in [-0.39, 0.29) is 12.8 Å². The summed E-state index contributed by atoms with van der Waals surface area (Å²) in [6.45, 7) is 3.25. The van der Waals surface area contributed by atoms with Crippen LogP contribution in [0.2, 0.25) is 0 Å². The van der Waals surface area contributed by atoms with Crippen molar-refractivity contribution in [1.29, 1.82) is 0 Å². The lowest BCUT2D eigenvalue weighted by Gasteiger charge is -2.13. The van der Waals surface area contributed by atoms with Crippen molar-refractivity contribution in [1.82, 2.24) is 5.32 Å². The standard InChI is InChI=1S/C10H16N2O4/c1-3-6(2)9(14)12-7(10(15)16)4-5-8(11)13/h3,7H,4-5H2,1-2H3,(H2,11,13)(H,12,14)(H,15,16)/t7-/m0/s1. The molecule has 0 aromatic carbocycles. The number of rotatable bonds is 6. The van der Waals surface area contributed by atoms with Gasteiger partial charge in [-0.25, -0.2) is 4.79 Å². The molecule has 6 heteroatoms. The van der Waals surface area contributed by atoms with Gasteiger partial charge in [0.05, 0.1) is 0 Å². The molecule has 0 fully saturated rings. The zero-order valence-electron chi connectivity index (χ0n) is 9.32. The number of aliphatic carboxylic acids is 1. The maximum atomic E-state index is 11.4. The van der Waals surface area contributed by atoms with Gasteiger partial charge in [-0.2, -0.15) is 0 Å². The first-order chi connectivity index (χ1) is 7.38. The summed E-state index contributed by atoms with van der Waals surface area (Å²) < 4.78 is 0. The highest BCUT2D eigenvalue weighted by Gasteiger charge is 2.20. The number of amides is 2. The Bertz CT molecular complexity index is 323. The van der Waals surface area contributed by atoms with Crippen LogP contribution in [-0.2, 0) is 14.4 Å². The molecule has 6 nitrogen and oxygen atoms in total. The second-order valence-corrected chi connectivity index (χ2v) is 3.34. The van der Waals surface area contributed by atoms with E-state index in [1.165, 1.54) is 0 Å². The van der Waals surface area contributed by atoms with Crippen LogP contribution in [0.1, 0.15) is 26.7 Å². The second-order valence-electron chi connectivity index (χ2n) is 3.34. The van der Waals surface area contributed by atoms with Gasteiger partial charge in [0.25, 0.3) is 0 Å². The molecule has 0 aliphatic heterocycles. The Morgan fingerprint density at radius 3 is 2.38 bits per heavy atom. The SMILES string of the molecule is CC=C(C)C(=O)N[C@@H](CCC(N)=O)C(=O)O. The summed E-state index contributed by atoms with van der Waals surface area (Å²) >= 11 is 0. The lowest BCUT2D eigenvalue weighted by Crippen LogP contribution is -2.41. The molecular formula is C10H16N2O4. The van der Waals surface area contributed by atoms with Gasteiger partial charge in [-0.15, -0.1) is 0 Å². The average molecular weight is 228 g/mol. The quantitative estimate of drug-likeness (QED) is 0.546. The van der Waals surface area contributed by atoms with Crippen molar-refractivity contribution in [3.63, 3.8) is 0 Å². The smallest absolute Gasteiger partial charge is 0.326 e. The van der Waals surface area contributed by atoms with Crippen LogP contribution >= 0.6 is 0 Å². The minimum absolute atomic E-state index is 0.00655. The third kappa shape index (κ3) is 5.14. The largest absolute Gasteiger partial charge is 0.480 e. The van der Waals surface area contributed by atoms with Gasteiger partial charge in [-0.1, -0.05) is 6.08 Å². The summed E-state index contributed by atoms with van der Waals surface area (Å²) in [5.74, 6) is -2.24. The van der Waals surface area contributed by atoms with Crippen molar-refractivity contribution in [2.45, 2.75) is 32.7 Å². The monoisotopic (exact) mass is 228 g/mol. The highest BCUT2D eigenvalue weighted by atomic mass is 16.4. The zero-order chi connectivity index (χ0) is 12.7. The Labute approximate surface area is 93.5 Å². The van der Waals surface area contributed by atoms with Crippen LogP contribution in [0.3, 0.4) is 0 Å². The molecule has 0 spiro atoms. The van der Waals surface area contributed by atoms with Crippen molar-refractivity contribution in [2.75, 3.05) is 0 Å². The van der Waals surface area contributed by atoms with Crippen molar-refractivity contribution < 1.29 is 19.5 Å². The number of carboxylic acids is 1. The van der Waals surface area contributed by atoms with Gasteiger partial charge in [-0.3, -0.25) is 9.59 Å². The number of hydrogen-bond donors (Lipinski definition) is 3. The Balaban J connectivity index is 4.40. The Hall–Kier alpha value is -1.85. The average Bonchev–Trinajstić information content (AvgIpc) is 2.21. The number of carbonyl (C=O) groups excluding carboxylic acids is 2. The van der Waals surface area contributed by atoms with Crippen LogP contribution < -0.4 is 11.1 Å². The molecule has 0 radical (unpaired) electrons. The Morgan fingerprint density at radius 2 is 2.00 bits per heavy atom. The summed E-state index contributed by atoms with van der Waals surface area (Å²) in [4.78, 5) is 32.7.